The summed E-state index contributed by atoms with van der Waals surface area (Å²) < 4.78 is 5.34. The largest absolute Gasteiger partial charge is 0.497 e. The quantitative estimate of drug-likeness (QED) is 0.280. The first kappa shape index (κ1) is 26.1. The molecule has 0 aliphatic carbocycles. The van der Waals surface area contributed by atoms with Crippen molar-refractivity contribution in [1.82, 2.24) is 5.01 Å². The maximum absolute atomic E-state index is 12.9. The molecular weight excluding hydrogens is 544 g/mol. The Morgan fingerprint density at radius 2 is 1.77 bits per heavy atom. The van der Waals surface area contributed by atoms with Crippen molar-refractivity contribution < 1.29 is 14.3 Å². The van der Waals surface area contributed by atoms with Crippen molar-refractivity contribution in [2.75, 3.05) is 12.4 Å². The van der Waals surface area contributed by atoms with Gasteiger partial charge in [-0.2, -0.15) is 10.1 Å². The van der Waals surface area contributed by atoms with Crippen molar-refractivity contribution in [3.05, 3.63) is 107 Å². The van der Waals surface area contributed by atoms with Crippen LogP contribution in [0.5, 0.6) is 5.75 Å². The van der Waals surface area contributed by atoms with Crippen molar-refractivity contribution in [3.8, 4) is 5.75 Å². The van der Waals surface area contributed by atoms with E-state index in [1.54, 1.807) is 31.4 Å². The predicted octanol–water partition coefficient (Wildman–Crippen LogP) is 6.68. The van der Waals surface area contributed by atoms with E-state index in [9.17, 15) is 9.59 Å². The third kappa shape index (κ3) is 5.46. The lowest BCUT2D eigenvalue weighted by Gasteiger charge is -2.23. The fourth-order valence-electron chi connectivity index (χ4n) is 4.83. The minimum atomic E-state index is -0.626. The Bertz CT molecular complexity index is 1650. The molecule has 200 valence electrons. The molecule has 4 aromatic rings. The average Bonchev–Trinajstić information content (AvgIpc) is 3.58. The van der Waals surface area contributed by atoms with E-state index < -0.39 is 5.25 Å². The molecule has 0 saturated carbocycles. The van der Waals surface area contributed by atoms with Crippen molar-refractivity contribution in [3.63, 3.8) is 0 Å². The van der Waals surface area contributed by atoms with E-state index in [1.165, 1.54) is 11.8 Å². The van der Waals surface area contributed by atoms with Gasteiger partial charge in [-0.1, -0.05) is 71.9 Å². The molecule has 40 heavy (non-hydrogen) atoms. The van der Waals surface area contributed by atoms with E-state index in [0.717, 1.165) is 33.4 Å². The lowest BCUT2D eigenvalue weighted by Crippen LogP contribution is -2.25. The molecule has 0 radical (unpaired) electrons. The van der Waals surface area contributed by atoms with Crippen molar-refractivity contribution >= 4 is 62.5 Å². The summed E-state index contributed by atoms with van der Waals surface area (Å²) in [6.07, 6.45) is 0.640. The third-order valence-electron chi connectivity index (χ3n) is 6.92. The zero-order valence-corrected chi connectivity index (χ0v) is 23.2. The van der Waals surface area contributed by atoms with Crippen LogP contribution in [0.2, 0.25) is 5.02 Å². The number of halogens is 1. The van der Waals surface area contributed by atoms with Gasteiger partial charge >= 0.3 is 0 Å². The van der Waals surface area contributed by atoms with Gasteiger partial charge in [0.1, 0.15) is 11.0 Å². The molecular formula is C31H25ClN4O3S. The maximum Gasteiger partial charge on any atom is 0.262 e. The van der Waals surface area contributed by atoms with Gasteiger partial charge in [-0.15, -0.1) is 0 Å². The number of methoxy groups -OCH3 is 1. The number of amides is 2. The van der Waals surface area contributed by atoms with E-state index in [2.05, 4.69) is 40.6 Å². The highest BCUT2D eigenvalue weighted by molar-refractivity contribution is 8.15. The number of fused-ring (bicyclic) bond motifs is 1. The van der Waals surface area contributed by atoms with Crippen LogP contribution < -0.4 is 10.1 Å². The van der Waals surface area contributed by atoms with Gasteiger partial charge in [-0.25, -0.2) is 5.01 Å². The number of anilines is 1. The minimum Gasteiger partial charge on any atom is -0.497 e. The molecule has 6 rings (SSSR count). The number of hydrogen-bond acceptors (Lipinski definition) is 6. The van der Waals surface area contributed by atoms with Gasteiger partial charge < -0.3 is 10.1 Å². The number of aliphatic imine (C=N–C) groups is 1. The number of carbonyl (C=O) groups excluding carboxylic acids is 2. The van der Waals surface area contributed by atoms with Gasteiger partial charge in [0.05, 0.1) is 18.9 Å². The number of ether oxygens (including phenoxy) is 1. The Kier molecular flexibility index (Phi) is 7.28. The summed E-state index contributed by atoms with van der Waals surface area (Å²) in [5.41, 5.74) is 3.58. The summed E-state index contributed by atoms with van der Waals surface area (Å²) in [4.78, 5) is 30.0. The Morgan fingerprint density at radius 3 is 2.52 bits per heavy atom. The Hall–Kier alpha value is -4.14. The van der Waals surface area contributed by atoms with Crippen LogP contribution in [0.3, 0.4) is 0 Å². The van der Waals surface area contributed by atoms with Crippen LogP contribution in [0.15, 0.2) is 101 Å². The molecule has 0 bridgehead atoms. The number of thioether (sulfide) groups is 1. The third-order valence-corrected chi connectivity index (χ3v) is 8.31. The standard InChI is InChI=1S/C31H25ClN4O3S/c1-39-25-14-8-20(9-15-25)27-17-26(22-7-6-19-4-2-3-5-21(19)16-22)35-36(27)31-34-30(38)28(40-31)18-29(37)33-24-12-10-23(32)11-13-24/h2-16,27-28H,17-18H2,1H3,(H,33,37). The lowest BCUT2D eigenvalue weighted by atomic mass is 9.97. The second-order valence-electron chi connectivity index (χ2n) is 9.54. The summed E-state index contributed by atoms with van der Waals surface area (Å²) >= 11 is 7.21. The smallest absolute Gasteiger partial charge is 0.262 e. The Balaban J connectivity index is 1.25. The Labute approximate surface area is 240 Å². The molecule has 2 amide bonds. The molecule has 4 aromatic carbocycles. The molecule has 7 nitrogen and oxygen atoms in total. The number of hydrazone groups is 1. The highest BCUT2D eigenvalue weighted by Crippen LogP contribution is 2.39. The summed E-state index contributed by atoms with van der Waals surface area (Å²) in [5, 5.41) is 12.4. The van der Waals surface area contributed by atoms with Crippen LogP contribution in [0.25, 0.3) is 10.8 Å². The predicted molar refractivity (Wildman–Crippen MR) is 161 cm³/mol. The fraction of sp³-hybridized carbons (Fsp3) is 0.161. The molecule has 0 fully saturated rings. The van der Waals surface area contributed by atoms with Gasteiger partial charge in [0.2, 0.25) is 5.91 Å². The normalized spacial score (nSPS) is 18.6. The van der Waals surface area contributed by atoms with Crippen LogP contribution in [-0.4, -0.2) is 40.1 Å². The highest BCUT2D eigenvalue weighted by atomic mass is 35.5. The molecule has 2 unspecified atom stereocenters. The summed E-state index contributed by atoms with van der Waals surface area (Å²) in [5.74, 6) is 0.158. The first-order chi connectivity index (χ1) is 19.5. The number of amidine groups is 1. The van der Waals surface area contributed by atoms with E-state index in [-0.39, 0.29) is 24.3 Å². The lowest BCUT2D eigenvalue weighted by molar-refractivity contribution is -0.121. The van der Waals surface area contributed by atoms with Gasteiger partial charge in [-0.05, 0) is 64.4 Å². The molecule has 2 heterocycles. The molecule has 0 aromatic heterocycles. The zero-order chi connectivity index (χ0) is 27.6. The van der Waals surface area contributed by atoms with E-state index in [1.807, 2.05) is 41.4 Å². The molecule has 2 aliphatic heterocycles. The van der Waals surface area contributed by atoms with E-state index in [4.69, 9.17) is 21.4 Å². The first-order valence-electron chi connectivity index (χ1n) is 12.8. The molecule has 2 atom stereocenters. The van der Waals surface area contributed by atoms with Crippen LogP contribution >= 0.6 is 23.4 Å². The maximum atomic E-state index is 12.9. The molecule has 0 spiro atoms. The number of carbonyl (C=O) groups is 2. The monoisotopic (exact) mass is 568 g/mol. The first-order valence-corrected chi connectivity index (χ1v) is 14.1. The van der Waals surface area contributed by atoms with Crippen LogP contribution in [-0.2, 0) is 9.59 Å². The van der Waals surface area contributed by atoms with Gasteiger partial charge in [0.25, 0.3) is 5.91 Å². The molecule has 0 saturated heterocycles. The SMILES string of the molecule is COc1ccc(C2CC(c3ccc4ccccc4c3)=NN2C2=NC(=O)C(CC(=O)Nc3ccc(Cl)cc3)S2)cc1. The number of nitrogens with one attached hydrogen (secondary N) is 1. The van der Waals surface area contributed by atoms with Crippen LogP contribution in [0, 0.1) is 0 Å². The van der Waals surface area contributed by atoms with Crippen LogP contribution in [0.4, 0.5) is 5.69 Å². The number of rotatable bonds is 6. The van der Waals surface area contributed by atoms with E-state index in [0.29, 0.717) is 22.3 Å². The topological polar surface area (TPSA) is 83.4 Å². The number of benzene rings is 4. The van der Waals surface area contributed by atoms with Crippen molar-refractivity contribution in [1.29, 1.82) is 0 Å². The average molecular weight is 569 g/mol. The minimum absolute atomic E-state index is 0.00140. The molecule has 1 N–H and O–H groups in total. The van der Waals surface area contributed by atoms with Gasteiger partial charge in [0.15, 0.2) is 5.17 Å². The summed E-state index contributed by atoms with van der Waals surface area (Å²) in [7, 11) is 1.64. The summed E-state index contributed by atoms with van der Waals surface area (Å²) in [6, 6.07) is 29.1. The second-order valence-corrected chi connectivity index (χ2v) is 11.2. The van der Waals surface area contributed by atoms with Gasteiger partial charge in [0, 0.05) is 23.6 Å². The van der Waals surface area contributed by atoms with Crippen molar-refractivity contribution in [2.45, 2.75) is 24.1 Å². The molecule has 2 aliphatic rings. The number of nitrogens with zero attached hydrogens (tertiary/aromatic N) is 3. The summed E-state index contributed by atoms with van der Waals surface area (Å²) in [6.45, 7) is 0. The van der Waals surface area contributed by atoms with E-state index >= 15 is 0 Å². The van der Waals surface area contributed by atoms with Crippen LogP contribution in [0.1, 0.15) is 30.0 Å². The number of hydrogen-bond donors (Lipinski definition) is 1. The second kappa shape index (κ2) is 11.2. The molecule has 9 heteroatoms. The zero-order valence-electron chi connectivity index (χ0n) is 21.6. The fourth-order valence-corrected chi connectivity index (χ4v) is 6.02. The van der Waals surface area contributed by atoms with Gasteiger partial charge in [-0.3, -0.25) is 9.59 Å². The van der Waals surface area contributed by atoms with Crippen molar-refractivity contribution in [2.24, 2.45) is 10.1 Å². The highest BCUT2D eigenvalue weighted by Gasteiger charge is 2.39. The Morgan fingerprint density at radius 1 is 1.02 bits per heavy atom.